The van der Waals surface area contributed by atoms with E-state index in [1.807, 2.05) is 6.29 Å². The van der Waals surface area contributed by atoms with E-state index in [2.05, 4.69) is 9.88 Å². The van der Waals surface area contributed by atoms with Crippen LogP contribution in [0.25, 0.3) is 0 Å². The monoisotopic (exact) mass is 725 g/mol. The molecular formula is C34H38Cl2N3NaO7S. The van der Waals surface area contributed by atoms with Crippen LogP contribution in [0.1, 0.15) is 84.1 Å². The van der Waals surface area contributed by atoms with E-state index in [4.69, 9.17) is 28.0 Å². The molecule has 4 N–H and O–H groups in total. The second-order valence-corrected chi connectivity index (χ2v) is 15.0. The van der Waals surface area contributed by atoms with Crippen LogP contribution in [0.15, 0.2) is 71.9 Å². The van der Waals surface area contributed by atoms with Crippen molar-refractivity contribution in [3.05, 3.63) is 105 Å². The Morgan fingerprint density at radius 3 is 2.38 bits per heavy atom. The third kappa shape index (κ3) is 8.81. The van der Waals surface area contributed by atoms with Gasteiger partial charge in [-0.15, -0.1) is 10.6 Å². The average molecular weight is 727 g/mol. The standard InChI is InChI=1S/C34H36Cl2N3O6S.Na.H2O/c1-34(2,20-40)22-14-12-21(13-15-22)19-45-37-32(41)30-24-8-4-5-9-25(24)33(42)39(31(30)26-17-16-23(35)18-27(26)36)29-11-7-6-10-28(29)38-46(3,43)44;;/h4-5,8-9,12-18,28-31,38H,6-7,10-11,19H2,1-3H3,(H,37,41);;1H2/q-1;+1;/t28-,29-,30+,31-;;/m0../s1. The van der Waals surface area contributed by atoms with Gasteiger partial charge in [0.2, 0.25) is 10.0 Å². The van der Waals surface area contributed by atoms with Crippen molar-refractivity contribution in [2.75, 3.05) is 6.26 Å². The number of nitrogens with zero attached hydrogens (tertiary/aromatic N) is 2. The summed E-state index contributed by atoms with van der Waals surface area (Å²) in [6, 6.07) is 16.8. The summed E-state index contributed by atoms with van der Waals surface area (Å²) in [5.41, 5.74) is 2.04. The molecule has 1 saturated carbocycles. The van der Waals surface area contributed by atoms with E-state index in [0.29, 0.717) is 34.6 Å². The van der Waals surface area contributed by atoms with Crippen molar-refractivity contribution in [1.82, 2.24) is 9.62 Å². The van der Waals surface area contributed by atoms with Gasteiger partial charge in [-0.25, -0.2) is 13.1 Å². The Bertz CT molecular complexity index is 1760. The van der Waals surface area contributed by atoms with E-state index in [1.54, 1.807) is 85.5 Å². The third-order valence-corrected chi connectivity index (χ3v) is 9.99. The van der Waals surface area contributed by atoms with Crippen LogP contribution in [-0.4, -0.2) is 49.7 Å². The molecule has 252 valence electrons. The molecule has 5 rings (SSSR count). The second kappa shape index (κ2) is 16.5. The molecule has 3 aromatic carbocycles. The van der Waals surface area contributed by atoms with Gasteiger partial charge in [-0.1, -0.05) is 104 Å². The fraction of sp³-hybridized carbons (Fsp3) is 0.382. The number of halogens is 2. The summed E-state index contributed by atoms with van der Waals surface area (Å²) in [5.74, 6) is -1.98. The fourth-order valence-corrected chi connectivity index (χ4v) is 7.76. The molecule has 1 amide bonds. The number of fused-ring (bicyclic) bond motifs is 1. The molecule has 14 heteroatoms. The minimum atomic E-state index is -3.61. The average Bonchev–Trinajstić information content (AvgIpc) is 3.01. The van der Waals surface area contributed by atoms with Crippen molar-refractivity contribution in [2.24, 2.45) is 5.16 Å². The van der Waals surface area contributed by atoms with Gasteiger partial charge < -0.3 is 25.1 Å². The minimum absolute atomic E-state index is 0. The van der Waals surface area contributed by atoms with Gasteiger partial charge in [0.1, 0.15) is 6.61 Å². The van der Waals surface area contributed by atoms with Crippen molar-refractivity contribution in [3.63, 3.8) is 0 Å². The minimum Gasteiger partial charge on any atom is -0.859 e. The van der Waals surface area contributed by atoms with Crippen LogP contribution in [0.4, 0.5) is 0 Å². The first-order chi connectivity index (χ1) is 21.8. The number of hydrogen-bond donors (Lipinski definition) is 1. The van der Waals surface area contributed by atoms with Crippen LogP contribution in [0.3, 0.4) is 0 Å². The van der Waals surface area contributed by atoms with Crippen LogP contribution in [0.2, 0.25) is 10.0 Å². The molecular weight excluding hydrogens is 688 g/mol. The second-order valence-electron chi connectivity index (χ2n) is 12.4. The van der Waals surface area contributed by atoms with Crippen LogP contribution in [-0.2, 0) is 37.2 Å². The molecule has 4 atom stereocenters. The Morgan fingerprint density at radius 1 is 1.06 bits per heavy atom. The summed E-state index contributed by atoms with van der Waals surface area (Å²) in [4.78, 5) is 32.9. The molecule has 1 aliphatic heterocycles. The fourth-order valence-electron chi connectivity index (χ4n) is 6.42. The smallest absolute Gasteiger partial charge is 0.859 e. The van der Waals surface area contributed by atoms with Gasteiger partial charge in [0, 0.05) is 39.5 Å². The Hall–Kier alpha value is -2.48. The molecule has 1 heterocycles. The van der Waals surface area contributed by atoms with E-state index < -0.39 is 45.4 Å². The van der Waals surface area contributed by atoms with Crippen LogP contribution in [0, 0.1) is 0 Å². The number of sulfonamides is 1. The van der Waals surface area contributed by atoms with E-state index in [9.17, 15) is 23.1 Å². The molecule has 0 bridgehead atoms. The molecule has 48 heavy (non-hydrogen) atoms. The first kappa shape index (κ1) is 40.0. The van der Waals surface area contributed by atoms with Crippen molar-refractivity contribution < 1.29 is 63.0 Å². The van der Waals surface area contributed by atoms with Gasteiger partial charge in [-0.05, 0) is 47.7 Å². The molecule has 0 unspecified atom stereocenters. The van der Waals surface area contributed by atoms with Gasteiger partial charge in [0.25, 0.3) is 5.91 Å². The number of oxime groups is 1. The molecule has 0 spiro atoms. The first-order valence-electron chi connectivity index (χ1n) is 15.0. The number of nitrogens with one attached hydrogen (secondary N) is 1. The van der Waals surface area contributed by atoms with Crippen molar-refractivity contribution in [1.29, 1.82) is 0 Å². The van der Waals surface area contributed by atoms with E-state index in [-0.39, 0.29) is 52.6 Å². The summed E-state index contributed by atoms with van der Waals surface area (Å²) in [6.45, 7) is 3.53. The molecule has 10 nitrogen and oxygen atoms in total. The quantitative estimate of drug-likeness (QED) is 0.0833. The van der Waals surface area contributed by atoms with Crippen molar-refractivity contribution in [3.8, 4) is 0 Å². The predicted molar refractivity (Wildman–Crippen MR) is 181 cm³/mol. The van der Waals surface area contributed by atoms with E-state index in [1.165, 1.54) is 0 Å². The van der Waals surface area contributed by atoms with Gasteiger partial charge in [-0.3, -0.25) is 11.1 Å². The molecule has 2 aliphatic rings. The van der Waals surface area contributed by atoms with Crippen LogP contribution < -0.4 is 39.4 Å². The SMILES string of the molecule is CC(C)([C-]=O)c1ccc(CO/N=C(/[O-])[C@@H]2c3ccccc3C(=O)N([C@H]3CCCC[C@@H]3NS(C)(=O)=O)[C@H]2c2ccc(Cl)cc2Cl)cc1.[Na+].[OH3+]. The van der Waals surface area contributed by atoms with Gasteiger partial charge >= 0.3 is 29.6 Å². The number of carbonyl (C=O) groups is 1. The molecule has 1 fully saturated rings. The molecule has 0 saturated heterocycles. The molecule has 0 radical (unpaired) electrons. The normalized spacial score (nSPS) is 21.4. The summed E-state index contributed by atoms with van der Waals surface area (Å²) in [7, 11) is -3.61. The zero-order valence-electron chi connectivity index (χ0n) is 27.3. The Kier molecular flexibility index (Phi) is 13.7. The molecule has 0 aromatic heterocycles. The maximum absolute atomic E-state index is 14.4. The van der Waals surface area contributed by atoms with Crippen LogP contribution >= 0.6 is 23.2 Å². The number of benzene rings is 3. The Labute approximate surface area is 313 Å². The summed E-state index contributed by atoms with van der Waals surface area (Å²) >= 11 is 13.0. The number of carbonyl (C=O) groups excluding carboxylic acids is 2. The summed E-state index contributed by atoms with van der Waals surface area (Å²) in [6.07, 6.45) is 5.72. The van der Waals surface area contributed by atoms with Crippen molar-refractivity contribution in [2.45, 2.75) is 75.6 Å². The summed E-state index contributed by atoms with van der Waals surface area (Å²) < 4.78 is 27.5. The van der Waals surface area contributed by atoms with Crippen LogP contribution in [0.5, 0.6) is 0 Å². The zero-order chi connectivity index (χ0) is 33.2. The number of rotatable bonds is 10. The largest absolute Gasteiger partial charge is 1.00 e. The third-order valence-electron chi connectivity index (χ3n) is 8.69. The topological polar surface area (TPSA) is 161 Å². The molecule has 1 aliphatic carbocycles. The van der Waals surface area contributed by atoms with Gasteiger partial charge in [-0.2, -0.15) is 0 Å². The predicted octanol–water partition coefficient (Wildman–Crippen LogP) is 1.49. The van der Waals surface area contributed by atoms with Gasteiger partial charge in [0.15, 0.2) is 0 Å². The van der Waals surface area contributed by atoms with E-state index >= 15 is 0 Å². The number of hydrogen-bond acceptors (Lipinski definition) is 7. The van der Waals surface area contributed by atoms with E-state index in [0.717, 1.165) is 30.2 Å². The zero-order valence-corrected chi connectivity index (χ0v) is 31.6. The maximum Gasteiger partial charge on any atom is 1.00 e. The Balaban J connectivity index is 0.00000312. The Morgan fingerprint density at radius 2 is 1.73 bits per heavy atom. The van der Waals surface area contributed by atoms with Crippen molar-refractivity contribution >= 4 is 51.3 Å². The summed E-state index contributed by atoms with van der Waals surface area (Å²) in [5, 5.41) is 18.8. The maximum atomic E-state index is 14.4. The first-order valence-corrected chi connectivity index (χ1v) is 17.6. The number of amides is 1. The van der Waals surface area contributed by atoms with Gasteiger partial charge in [0.05, 0.1) is 12.3 Å². The molecule has 3 aromatic rings.